The van der Waals surface area contributed by atoms with Crippen LogP contribution in [-0.4, -0.2) is 5.78 Å². The summed E-state index contributed by atoms with van der Waals surface area (Å²) >= 11 is 0. The molecule has 0 aliphatic rings. The fourth-order valence-electron chi connectivity index (χ4n) is 2.52. The molecule has 0 saturated heterocycles. The summed E-state index contributed by atoms with van der Waals surface area (Å²) in [7, 11) is 0. The molecule has 0 unspecified atom stereocenters. The first kappa shape index (κ1) is 11.7. The van der Waals surface area contributed by atoms with E-state index in [0.717, 1.165) is 10.9 Å². The minimum atomic E-state index is 0.0562. The van der Waals surface area contributed by atoms with Gasteiger partial charge >= 0.3 is 0 Å². The smallest absolute Gasteiger partial charge is 0.159 e. The molecule has 3 aromatic carbocycles. The SMILES string of the molecule is C=CC(=O)Cc1cccc2c1ccc1ccccc12. The zero-order valence-corrected chi connectivity index (χ0v) is 10.6. The summed E-state index contributed by atoms with van der Waals surface area (Å²) < 4.78 is 0. The van der Waals surface area contributed by atoms with Gasteiger partial charge in [0.15, 0.2) is 5.78 Å². The van der Waals surface area contributed by atoms with Crippen LogP contribution in [-0.2, 0) is 11.2 Å². The molecule has 0 amide bonds. The van der Waals surface area contributed by atoms with Gasteiger partial charge in [0.2, 0.25) is 0 Å². The maximum absolute atomic E-state index is 11.6. The van der Waals surface area contributed by atoms with E-state index in [-0.39, 0.29) is 5.78 Å². The summed E-state index contributed by atoms with van der Waals surface area (Å²) in [6.45, 7) is 3.54. The van der Waals surface area contributed by atoms with Crippen LogP contribution < -0.4 is 0 Å². The van der Waals surface area contributed by atoms with Crippen LogP contribution in [0.25, 0.3) is 21.5 Å². The van der Waals surface area contributed by atoms with Crippen LogP contribution in [0.1, 0.15) is 5.56 Å². The standard InChI is InChI=1S/C18H14O/c1-2-15(19)12-14-7-5-9-18-16-8-4-3-6-13(16)10-11-17(14)18/h2-11H,1,12H2. The average molecular weight is 246 g/mol. The predicted octanol–water partition coefficient (Wildman–Crippen LogP) is 4.29. The Morgan fingerprint density at radius 1 is 0.895 bits per heavy atom. The van der Waals surface area contributed by atoms with E-state index < -0.39 is 0 Å². The molecule has 3 aromatic rings. The lowest BCUT2D eigenvalue weighted by atomic mass is 9.96. The quantitative estimate of drug-likeness (QED) is 0.497. The predicted molar refractivity (Wildman–Crippen MR) is 80.4 cm³/mol. The van der Waals surface area contributed by atoms with Gasteiger partial charge in [0.05, 0.1) is 0 Å². The van der Waals surface area contributed by atoms with Crippen LogP contribution in [0.5, 0.6) is 0 Å². The van der Waals surface area contributed by atoms with Crippen molar-refractivity contribution in [2.24, 2.45) is 0 Å². The normalized spacial score (nSPS) is 10.7. The minimum Gasteiger partial charge on any atom is -0.295 e. The van der Waals surface area contributed by atoms with Crippen LogP contribution in [0.4, 0.5) is 0 Å². The highest BCUT2D eigenvalue weighted by Crippen LogP contribution is 2.27. The molecule has 0 bridgehead atoms. The Hall–Kier alpha value is -2.41. The van der Waals surface area contributed by atoms with Crippen LogP contribution in [0, 0.1) is 0 Å². The van der Waals surface area contributed by atoms with E-state index in [0.29, 0.717) is 6.42 Å². The van der Waals surface area contributed by atoms with Gasteiger partial charge in [-0.1, -0.05) is 61.2 Å². The second-order valence-electron chi connectivity index (χ2n) is 4.65. The summed E-state index contributed by atoms with van der Waals surface area (Å²) in [4.78, 5) is 11.6. The zero-order valence-electron chi connectivity index (χ0n) is 10.6. The first-order valence-corrected chi connectivity index (χ1v) is 6.34. The van der Waals surface area contributed by atoms with Gasteiger partial charge < -0.3 is 0 Å². The van der Waals surface area contributed by atoms with Crippen molar-refractivity contribution in [3.05, 3.63) is 72.8 Å². The molecule has 1 nitrogen and oxygen atoms in total. The fraction of sp³-hybridized carbons (Fsp3) is 0.0556. The first-order chi connectivity index (χ1) is 9.29. The molecular formula is C18H14O. The monoisotopic (exact) mass is 246 g/mol. The number of rotatable bonds is 3. The molecule has 0 fully saturated rings. The lowest BCUT2D eigenvalue weighted by Crippen LogP contribution is -1.98. The van der Waals surface area contributed by atoms with Crippen LogP contribution in [0.15, 0.2) is 67.3 Å². The van der Waals surface area contributed by atoms with Gasteiger partial charge in [0.25, 0.3) is 0 Å². The number of carbonyl (C=O) groups is 1. The van der Waals surface area contributed by atoms with Crippen LogP contribution in [0.3, 0.4) is 0 Å². The molecule has 0 atom stereocenters. The minimum absolute atomic E-state index is 0.0562. The summed E-state index contributed by atoms with van der Waals surface area (Å²) in [5.41, 5.74) is 1.06. The van der Waals surface area contributed by atoms with Crippen molar-refractivity contribution in [2.75, 3.05) is 0 Å². The lowest BCUT2D eigenvalue weighted by molar-refractivity contribution is -0.113. The van der Waals surface area contributed by atoms with E-state index in [9.17, 15) is 4.79 Å². The van der Waals surface area contributed by atoms with Crippen molar-refractivity contribution in [1.82, 2.24) is 0 Å². The molecule has 3 rings (SSSR count). The fourth-order valence-corrected chi connectivity index (χ4v) is 2.52. The molecule has 0 N–H and O–H groups in total. The second kappa shape index (κ2) is 4.69. The third-order valence-electron chi connectivity index (χ3n) is 3.47. The van der Waals surface area contributed by atoms with E-state index in [1.807, 2.05) is 24.3 Å². The van der Waals surface area contributed by atoms with Crippen molar-refractivity contribution >= 4 is 27.3 Å². The number of carbonyl (C=O) groups excluding carboxylic acids is 1. The maximum Gasteiger partial charge on any atom is 0.159 e. The molecule has 0 aromatic heterocycles. The van der Waals surface area contributed by atoms with Gasteiger partial charge in [-0.05, 0) is 33.2 Å². The van der Waals surface area contributed by atoms with E-state index in [2.05, 4.69) is 36.9 Å². The van der Waals surface area contributed by atoms with Crippen molar-refractivity contribution in [3.8, 4) is 0 Å². The Kier molecular flexibility index (Phi) is 2.88. The number of hydrogen-bond donors (Lipinski definition) is 0. The first-order valence-electron chi connectivity index (χ1n) is 6.34. The summed E-state index contributed by atoms with van der Waals surface area (Å²) in [5, 5.41) is 4.80. The number of allylic oxidation sites excluding steroid dienone is 1. The molecule has 19 heavy (non-hydrogen) atoms. The van der Waals surface area contributed by atoms with Gasteiger partial charge in [0, 0.05) is 6.42 Å². The largest absolute Gasteiger partial charge is 0.295 e. The van der Waals surface area contributed by atoms with Crippen molar-refractivity contribution in [1.29, 1.82) is 0 Å². The van der Waals surface area contributed by atoms with E-state index in [1.54, 1.807) is 0 Å². The van der Waals surface area contributed by atoms with Crippen molar-refractivity contribution < 1.29 is 4.79 Å². The summed E-state index contributed by atoms with van der Waals surface area (Å²) in [6, 6.07) is 18.7. The van der Waals surface area contributed by atoms with Gasteiger partial charge in [-0.15, -0.1) is 0 Å². The molecular weight excluding hydrogens is 232 g/mol. The molecule has 92 valence electrons. The summed E-state index contributed by atoms with van der Waals surface area (Å²) in [5.74, 6) is 0.0562. The Labute approximate surface area is 112 Å². The maximum atomic E-state index is 11.6. The van der Waals surface area contributed by atoms with Gasteiger partial charge in [0.1, 0.15) is 0 Å². The van der Waals surface area contributed by atoms with Crippen LogP contribution in [0.2, 0.25) is 0 Å². The highest BCUT2D eigenvalue weighted by molar-refractivity contribution is 6.09. The number of ketones is 1. The highest BCUT2D eigenvalue weighted by Gasteiger charge is 2.06. The number of fused-ring (bicyclic) bond motifs is 3. The molecule has 0 aliphatic heterocycles. The molecule has 0 spiro atoms. The summed E-state index contributed by atoms with van der Waals surface area (Å²) in [6.07, 6.45) is 1.80. The Bertz CT molecular complexity index is 784. The van der Waals surface area contributed by atoms with Gasteiger partial charge in [-0.3, -0.25) is 4.79 Å². The molecule has 0 radical (unpaired) electrons. The number of benzene rings is 3. The van der Waals surface area contributed by atoms with Gasteiger partial charge in [-0.2, -0.15) is 0 Å². The van der Waals surface area contributed by atoms with Crippen molar-refractivity contribution in [3.63, 3.8) is 0 Å². The highest BCUT2D eigenvalue weighted by atomic mass is 16.1. The molecule has 1 heteroatoms. The average Bonchev–Trinajstić information content (AvgIpc) is 2.47. The van der Waals surface area contributed by atoms with Crippen molar-refractivity contribution in [2.45, 2.75) is 6.42 Å². The van der Waals surface area contributed by atoms with Gasteiger partial charge in [-0.25, -0.2) is 0 Å². The van der Waals surface area contributed by atoms with E-state index in [1.165, 1.54) is 22.2 Å². The number of hydrogen-bond acceptors (Lipinski definition) is 1. The Balaban J connectivity index is 2.28. The Morgan fingerprint density at radius 2 is 1.68 bits per heavy atom. The van der Waals surface area contributed by atoms with E-state index in [4.69, 9.17) is 0 Å². The topological polar surface area (TPSA) is 17.1 Å². The van der Waals surface area contributed by atoms with E-state index >= 15 is 0 Å². The lowest BCUT2D eigenvalue weighted by Gasteiger charge is -2.08. The molecule has 0 aliphatic carbocycles. The zero-order chi connectivity index (χ0) is 13.2. The Morgan fingerprint density at radius 3 is 2.53 bits per heavy atom. The van der Waals surface area contributed by atoms with Crippen LogP contribution >= 0.6 is 0 Å². The molecule has 0 saturated carbocycles. The molecule has 0 heterocycles. The third-order valence-corrected chi connectivity index (χ3v) is 3.47. The third kappa shape index (κ3) is 2.04. The second-order valence-corrected chi connectivity index (χ2v) is 4.65.